The van der Waals surface area contributed by atoms with E-state index in [1.54, 1.807) is 18.5 Å². The first-order chi connectivity index (χ1) is 12.7. The van der Waals surface area contributed by atoms with Crippen molar-refractivity contribution in [1.29, 1.82) is 0 Å². The zero-order valence-electron chi connectivity index (χ0n) is 14.1. The Balaban J connectivity index is 1.66. The van der Waals surface area contributed by atoms with E-state index in [4.69, 9.17) is 0 Å². The van der Waals surface area contributed by atoms with Crippen LogP contribution in [0.3, 0.4) is 0 Å². The second kappa shape index (κ2) is 6.92. The van der Waals surface area contributed by atoms with E-state index in [0.29, 0.717) is 16.8 Å². The van der Waals surface area contributed by atoms with Crippen molar-refractivity contribution < 1.29 is 9.59 Å². The first-order valence-corrected chi connectivity index (χ1v) is 8.63. The van der Waals surface area contributed by atoms with Gasteiger partial charge in [0.25, 0.3) is 5.91 Å². The van der Waals surface area contributed by atoms with Gasteiger partial charge in [-0.25, -0.2) is 4.98 Å². The lowest BCUT2D eigenvalue weighted by atomic mass is 9.85. The molecule has 1 saturated carbocycles. The molecule has 2 amide bonds. The van der Waals surface area contributed by atoms with Crippen LogP contribution in [0.25, 0.3) is 22.2 Å². The predicted molar refractivity (Wildman–Crippen MR) is 97.9 cm³/mol. The number of fused-ring (bicyclic) bond motifs is 1. The molecule has 0 atom stereocenters. The molecule has 1 aromatic carbocycles. The van der Waals surface area contributed by atoms with Crippen LogP contribution in [0.2, 0.25) is 0 Å². The average molecular weight is 346 g/mol. The summed E-state index contributed by atoms with van der Waals surface area (Å²) in [5, 5.41) is 0.732. The molecule has 6 nitrogen and oxygen atoms in total. The van der Waals surface area contributed by atoms with Gasteiger partial charge in [0.15, 0.2) is 0 Å². The quantitative estimate of drug-likeness (QED) is 0.714. The van der Waals surface area contributed by atoms with E-state index < -0.39 is 0 Å². The lowest BCUT2D eigenvalue weighted by molar-refractivity contribution is -0.128. The monoisotopic (exact) mass is 346 g/mol. The number of hydrogen-bond acceptors (Lipinski definition) is 4. The third kappa shape index (κ3) is 3.13. The summed E-state index contributed by atoms with van der Waals surface area (Å²) in [6.07, 6.45) is 6.22. The number of aromatic nitrogens is 2. The SMILES string of the molecule is O=C(NNC(=O)C1CCC1)c1cc(-c2cccnc2)nc2ccccc12. The molecule has 1 aliphatic carbocycles. The Hall–Kier alpha value is -3.28. The number of hydrogen-bond donors (Lipinski definition) is 2. The summed E-state index contributed by atoms with van der Waals surface area (Å²) in [4.78, 5) is 33.4. The number of carbonyl (C=O) groups excluding carboxylic acids is 2. The van der Waals surface area contributed by atoms with E-state index in [2.05, 4.69) is 20.8 Å². The molecule has 4 rings (SSSR count). The molecule has 0 spiro atoms. The van der Waals surface area contributed by atoms with Crippen LogP contribution in [0.15, 0.2) is 54.9 Å². The number of nitrogens with one attached hydrogen (secondary N) is 2. The Bertz CT molecular complexity index is 968. The Labute approximate surface area is 150 Å². The summed E-state index contributed by atoms with van der Waals surface area (Å²) >= 11 is 0. The van der Waals surface area contributed by atoms with Crippen molar-refractivity contribution in [2.75, 3.05) is 0 Å². The minimum absolute atomic E-state index is 0.00967. The van der Waals surface area contributed by atoms with Crippen molar-refractivity contribution in [1.82, 2.24) is 20.8 Å². The molecule has 2 N–H and O–H groups in total. The lowest BCUT2D eigenvalue weighted by Crippen LogP contribution is -2.46. The lowest BCUT2D eigenvalue weighted by Gasteiger charge is -2.24. The zero-order valence-corrected chi connectivity index (χ0v) is 14.1. The first kappa shape index (κ1) is 16.2. The maximum atomic E-state index is 12.7. The van der Waals surface area contributed by atoms with Crippen LogP contribution >= 0.6 is 0 Å². The maximum absolute atomic E-state index is 12.7. The summed E-state index contributed by atoms with van der Waals surface area (Å²) in [6, 6.07) is 12.9. The van der Waals surface area contributed by atoms with Gasteiger partial charge >= 0.3 is 0 Å². The van der Waals surface area contributed by atoms with Crippen molar-refractivity contribution in [3.63, 3.8) is 0 Å². The molecular formula is C20H18N4O2. The maximum Gasteiger partial charge on any atom is 0.270 e. The first-order valence-electron chi connectivity index (χ1n) is 8.63. The molecule has 0 radical (unpaired) electrons. The fraction of sp³-hybridized carbons (Fsp3) is 0.200. The van der Waals surface area contributed by atoms with E-state index in [1.165, 1.54) is 0 Å². The number of para-hydroxylation sites is 1. The standard InChI is InChI=1S/C20H18N4O2/c25-19(13-5-3-6-13)23-24-20(26)16-11-18(14-7-4-10-21-12-14)22-17-9-2-1-8-15(16)17/h1-2,4,7-13H,3,5-6H2,(H,23,25)(H,24,26). The van der Waals surface area contributed by atoms with Gasteiger partial charge in [0, 0.05) is 29.3 Å². The number of nitrogens with zero attached hydrogens (tertiary/aromatic N) is 2. The van der Waals surface area contributed by atoms with Gasteiger partial charge in [-0.2, -0.15) is 0 Å². The van der Waals surface area contributed by atoms with Crippen LogP contribution in [-0.2, 0) is 4.79 Å². The third-order valence-electron chi connectivity index (χ3n) is 4.69. The highest BCUT2D eigenvalue weighted by atomic mass is 16.2. The summed E-state index contributed by atoms with van der Waals surface area (Å²) < 4.78 is 0. The molecule has 0 aliphatic heterocycles. The van der Waals surface area contributed by atoms with Crippen molar-refractivity contribution >= 4 is 22.7 Å². The van der Waals surface area contributed by atoms with Crippen LogP contribution in [0.1, 0.15) is 29.6 Å². The molecule has 130 valence electrons. The molecular weight excluding hydrogens is 328 g/mol. The Kier molecular flexibility index (Phi) is 4.31. The fourth-order valence-corrected chi connectivity index (χ4v) is 2.98. The molecule has 0 unspecified atom stereocenters. The van der Waals surface area contributed by atoms with E-state index in [-0.39, 0.29) is 17.7 Å². The van der Waals surface area contributed by atoms with Crippen LogP contribution in [0.5, 0.6) is 0 Å². The number of amides is 2. The van der Waals surface area contributed by atoms with Crippen molar-refractivity contribution in [3.8, 4) is 11.3 Å². The topological polar surface area (TPSA) is 84.0 Å². The molecule has 0 bridgehead atoms. The summed E-state index contributed by atoms with van der Waals surface area (Å²) in [6.45, 7) is 0. The number of carbonyl (C=O) groups is 2. The van der Waals surface area contributed by atoms with Crippen LogP contribution in [0.4, 0.5) is 0 Å². The normalized spacial score (nSPS) is 13.8. The molecule has 26 heavy (non-hydrogen) atoms. The Morgan fingerprint density at radius 2 is 1.88 bits per heavy atom. The van der Waals surface area contributed by atoms with Gasteiger partial charge in [0.1, 0.15) is 0 Å². The Morgan fingerprint density at radius 1 is 1.04 bits per heavy atom. The second-order valence-electron chi connectivity index (χ2n) is 6.39. The molecule has 1 aliphatic rings. The molecule has 1 fully saturated rings. The highest BCUT2D eigenvalue weighted by Gasteiger charge is 2.25. The number of pyridine rings is 2. The summed E-state index contributed by atoms with van der Waals surface area (Å²) in [5.41, 5.74) is 7.73. The molecule has 6 heteroatoms. The number of rotatable bonds is 3. The fourth-order valence-electron chi connectivity index (χ4n) is 2.98. The van der Waals surface area contributed by atoms with Crippen molar-refractivity contribution in [2.24, 2.45) is 5.92 Å². The summed E-state index contributed by atoms with van der Waals surface area (Å²) in [5.74, 6) is -0.479. The number of benzene rings is 1. The zero-order chi connectivity index (χ0) is 17.9. The van der Waals surface area contributed by atoms with Crippen LogP contribution in [-0.4, -0.2) is 21.8 Å². The minimum atomic E-state index is -0.360. The minimum Gasteiger partial charge on any atom is -0.273 e. The van der Waals surface area contributed by atoms with Crippen LogP contribution < -0.4 is 10.9 Å². The van der Waals surface area contributed by atoms with Gasteiger partial charge in [-0.05, 0) is 37.1 Å². The van der Waals surface area contributed by atoms with Gasteiger partial charge in [-0.15, -0.1) is 0 Å². The van der Waals surface area contributed by atoms with Crippen molar-refractivity contribution in [3.05, 3.63) is 60.4 Å². The average Bonchev–Trinajstić information content (AvgIpc) is 2.64. The molecule has 2 heterocycles. The summed E-state index contributed by atoms with van der Waals surface area (Å²) in [7, 11) is 0. The molecule has 2 aromatic heterocycles. The molecule has 0 saturated heterocycles. The highest BCUT2D eigenvalue weighted by molar-refractivity contribution is 6.07. The smallest absolute Gasteiger partial charge is 0.270 e. The van der Waals surface area contributed by atoms with Crippen LogP contribution in [0, 0.1) is 5.92 Å². The Morgan fingerprint density at radius 3 is 2.62 bits per heavy atom. The van der Waals surface area contributed by atoms with Crippen molar-refractivity contribution in [2.45, 2.75) is 19.3 Å². The third-order valence-corrected chi connectivity index (χ3v) is 4.69. The number of hydrazine groups is 1. The largest absolute Gasteiger partial charge is 0.273 e. The van der Waals surface area contributed by atoms with E-state index in [0.717, 1.165) is 30.2 Å². The molecule has 3 aromatic rings. The highest BCUT2D eigenvalue weighted by Crippen LogP contribution is 2.26. The van der Waals surface area contributed by atoms with E-state index >= 15 is 0 Å². The predicted octanol–water partition coefficient (Wildman–Crippen LogP) is 2.86. The van der Waals surface area contributed by atoms with Gasteiger partial charge in [0.2, 0.25) is 5.91 Å². The second-order valence-corrected chi connectivity index (χ2v) is 6.39. The van der Waals surface area contributed by atoms with Gasteiger partial charge in [0.05, 0.1) is 16.8 Å². The van der Waals surface area contributed by atoms with Gasteiger partial charge in [-0.3, -0.25) is 25.4 Å². The van der Waals surface area contributed by atoms with Gasteiger partial charge < -0.3 is 0 Å². The van der Waals surface area contributed by atoms with Gasteiger partial charge in [-0.1, -0.05) is 24.6 Å². The van der Waals surface area contributed by atoms with E-state index in [1.807, 2.05) is 36.4 Å². The van der Waals surface area contributed by atoms with E-state index in [9.17, 15) is 9.59 Å².